The number of nitrogens with two attached hydrogens (primary N) is 1. The topological polar surface area (TPSA) is 72.5 Å². The molecule has 1 saturated carbocycles. The third-order valence-electron chi connectivity index (χ3n) is 3.01. The molecule has 4 heteroatoms. The van der Waals surface area contributed by atoms with E-state index >= 15 is 0 Å². The number of hydrogen-bond donors (Lipinski definition) is 2. The molecule has 0 aromatic heterocycles. The number of aldehydes is 1. The molecule has 0 spiro atoms. The van der Waals surface area contributed by atoms with Crippen molar-refractivity contribution in [2.75, 3.05) is 7.11 Å². The molecule has 0 radical (unpaired) electrons. The van der Waals surface area contributed by atoms with Gasteiger partial charge in [-0.05, 0) is 25.0 Å². The maximum Gasteiger partial charge on any atom is 0.153 e. The molecule has 1 aromatic rings. The summed E-state index contributed by atoms with van der Waals surface area (Å²) in [6, 6.07) is 5.04. The zero-order valence-electron chi connectivity index (χ0n) is 10.8. The van der Waals surface area contributed by atoms with E-state index in [1.54, 1.807) is 6.07 Å². The van der Waals surface area contributed by atoms with Gasteiger partial charge >= 0.3 is 0 Å². The van der Waals surface area contributed by atoms with E-state index in [1.807, 2.05) is 0 Å². The summed E-state index contributed by atoms with van der Waals surface area (Å²) in [5.41, 5.74) is 5.90. The van der Waals surface area contributed by atoms with Gasteiger partial charge in [0.25, 0.3) is 0 Å². The second-order valence-electron chi connectivity index (χ2n) is 4.44. The highest BCUT2D eigenvalue weighted by Crippen LogP contribution is 2.21. The van der Waals surface area contributed by atoms with E-state index in [2.05, 4.69) is 0 Å². The molecule has 2 rings (SSSR count). The Hall–Kier alpha value is -1.55. The molecule has 1 fully saturated rings. The maximum absolute atomic E-state index is 10.2. The smallest absolute Gasteiger partial charge is 0.153 e. The lowest BCUT2D eigenvalue weighted by molar-refractivity contribution is 0.112. The number of carbonyl (C=O) groups excluding carboxylic acids is 1. The van der Waals surface area contributed by atoms with E-state index in [0.29, 0.717) is 18.1 Å². The molecule has 0 bridgehead atoms. The first-order valence-electron chi connectivity index (χ1n) is 6.25. The van der Waals surface area contributed by atoms with Crippen molar-refractivity contribution in [3.8, 4) is 11.5 Å². The van der Waals surface area contributed by atoms with Gasteiger partial charge in [-0.2, -0.15) is 0 Å². The van der Waals surface area contributed by atoms with Crippen LogP contribution in [0.15, 0.2) is 18.2 Å². The van der Waals surface area contributed by atoms with Crippen LogP contribution in [0.1, 0.15) is 42.5 Å². The molecule has 1 aliphatic rings. The summed E-state index contributed by atoms with van der Waals surface area (Å²) < 4.78 is 4.82. The number of phenolic OH excluding ortho intramolecular Hbond substituents is 1. The number of ether oxygens (including phenoxy) is 1. The number of hydrogen-bond acceptors (Lipinski definition) is 4. The van der Waals surface area contributed by atoms with Crippen molar-refractivity contribution < 1.29 is 14.6 Å². The second kappa shape index (κ2) is 7.71. The van der Waals surface area contributed by atoms with Crippen LogP contribution in [-0.4, -0.2) is 24.5 Å². The summed E-state index contributed by atoms with van der Waals surface area (Å²) in [7, 11) is 1.50. The molecule has 0 atom stereocenters. The molecule has 0 saturated heterocycles. The molecule has 1 aromatic carbocycles. The maximum atomic E-state index is 10.2. The summed E-state index contributed by atoms with van der Waals surface area (Å²) >= 11 is 0. The molecule has 100 valence electrons. The Bertz CT molecular complexity index is 373. The van der Waals surface area contributed by atoms with E-state index in [0.717, 1.165) is 0 Å². The third-order valence-corrected chi connectivity index (χ3v) is 3.01. The van der Waals surface area contributed by atoms with Crippen LogP contribution in [0.25, 0.3) is 0 Å². The molecule has 0 aliphatic heterocycles. The van der Waals surface area contributed by atoms with Crippen LogP contribution in [-0.2, 0) is 0 Å². The summed E-state index contributed by atoms with van der Waals surface area (Å²) in [5, 5.41) is 9.11. The van der Waals surface area contributed by atoms with Crippen molar-refractivity contribution in [1.82, 2.24) is 0 Å². The first kappa shape index (κ1) is 14.5. The first-order valence-corrected chi connectivity index (χ1v) is 6.25. The number of phenols is 1. The average Bonchev–Trinajstić information content (AvgIpc) is 2.40. The van der Waals surface area contributed by atoms with Crippen LogP contribution in [0.4, 0.5) is 0 Å². The number of rotatable bonds is 2. The number of aromatic hydroxyl groups is 1. The van der Waals surface area contributed by atoms with Crippen LogP contribution in [0, 0.1) is 0 Å². The largest absolute Gasteiger partial charge is 0.507 e. The highest BCUT2D eigenvalue weighted by molar-refractivity contribution is 5.79. The Labute approximate surface area is 108 Å². The lowest BCUT2D eigenvalue weighted by atomic mass is 9.97. The van der Waals surface area contributed by atoms with E-state index in [1.165, 1.54) is 51.3 Å². The van der Waals surface area contributed by atoms with Gasteiger partial charge in [0.05, 0.1) is 12.7 Å². The van der Waals surface area contributed by atoms with Crippen LogP contribution >= 0.6 is 0 Å². The Balaban J connectivity index is 0.000000199. The van der Waals surface area contributed by atoms with Crippen molar-refractivity contribution >= 4 is 6.29 Å². The minimum absolute atomic E-state index is 0.0562. The average molecular weight is 251 g/mol. The van der Waals surface area contributed by atoms with Crippen LogP contribution < -0.4 is 10.5 Å². The number of methoxy groups -OCH3 is 1. The van der Waals surface area contributed by atoms with Gasteiger partial charge in [-0.3, -0.25) is 4.79 Å². The summed E-state index contributed by atoms with van der Waals surface area (Å²) in [6.07, 6.45) is 7.25. The van der Waals surface area contributed by atoms with Crippen molar-refractivity contribution in [2.45, 2.75) is 38.1 Å². The monoisotopic (exact) mass is 251 g/mol. The Kier molecular flexibility index (Phi) is 6.22. The predicted molar refractivity (Wildman–Crippen MR) is 71.1 cm³/mol. The molecule has 3 N–H and O–H groups in total. The van der Waals surface area contributed by atoms with Gasteiger partial charge in [0.15, 0.2) is 6.29 Å². The highest BCUT2D eigenvalue weighted by atomic mass is 16.5. The molecule has 1 aliphatic carbocycles. The first-order chi connectivity index (χ1) is 8.67. The zero-order chi connectivity index (χ0) is 13.4. The zero-order valence-corrected chi connectivity index (χ0v) is 10.8. The second-order valence-corrected chi connectivity index (χ2v) is 4.44. The lowest BCUT2D eigenvalue weighted by Crippen LogP contribution is -2.22. The quantitative estimate of drug-likeness (QED) is 0.792. The van der Waals surface area contributed by atoms with Crippen molar-refractivity contribution in [3.05, 3.63) is 23.8 Å². The van der Waals surface area contributed by atoms with Gasteiger partial charge in [-0.1, -0.05) is 19.3 Å². The standard InChI is InChI=1S/C8H8O3.C6H13N/c1-11-7-3-2-6(5-9)8(10)4-7;7-6-4-2-1-3-5-6/h2-5,10H,1H3;6H,1-5,7H2. The SMILES string of the molecule is COc1ccc(C=O)c(O)c1.NC1CCCCC1. The minimum atomic E-state index is -0.0562. The van der Waals surface area contributed by atoms with Gasteiger partial charge in [0.1, 0.15) is 11.5 Å². The summed E-state index contributed by atoms with van der Waals surface area (Å²) in [6.45, 7) is 0. The molecule has 0 amide bonds. The van der Waals surface area contributed by atoms with Crippen LogP contribution in [0.3, 0.4) is 0 Å². The summed E-state index contributed by atoms with van der Waals surface area (Å²) in [4.78, 5) is 10.2. The van der Waals surface area contributed by atoms with Crippen molar-refractivity contribution in [3.63, 3.8) is 0 Å². The van der Waals surface area contributed by atoms with E-state index in [-0.39, 0.29) is 11.3 Å². The number of benzene rings is 1. The predicted octanol–water partition coefficient (Wildman–Crippen LogP) is 2.49. The number of carbonyl (C=O) groups is 1. The van der Waals surface area contributed by atoms with Crippen LogP contribution in [0.2, 0.25) is 0 Å². The van der Waals surface area contributed by atoms with Crippen molar-refractivity contribution in [1.29, 1.82) is 0 Å². The van der Waals surface area contributed by atoms with E-state index < -0.39 is 0 Å². The molecule has 4 nitrogen and oxygen atoms in total. The summed E-state index contributed by atoms with van der Waals surface area (Å²) in [5.74, 6) is 0.479. The van der Waals surface area contributed by atoms with Gasteiger partial charge in [-0.15, -0.1) is 0 Å². The molecular weight excluding hydrogens is 230 g/mol. The Morgan fingerprint density at radius 3 is 2.39 bits per heavy atom. The van der Waals surface area contributed by atoms with Gasteiger partial charge in [-0.25, -0.2) is 0 Å². The van der Waals surface area contributed by atoms with Crippen LogP contribution in [0.5, 0.6) is 11.5 Å². The molecule has 0 heterocycles. The molecular formula is C14H21NO3. The minimum Gasteiger partial charge on any atom is -0.507 e. The fourth-order valence-corrected chi connectivity index (χ4v) is 1.88. The van der Waals surface area contributed by atoms with Gasteiger partial charge in [0.2, 0.25) is 0 Å². The lowest BCUT2D eigenvalue weighted by Gasteiger charge is -2.15. The molecule has 18 heavy (non-hydrogen) atoms. The Morgan fingerprint density at radius 2 is 2.00 bits per heavy atom. The van der Waals surface area contributed by atoms with Gasteiger partial charge in [0, 0.05) is 12.1 Å². The fourth-order valence-electron chi connectivity index (χ4n) is 1.88. The molecule has 0 unspecified atom stereocenters. The highest BCUT2D eigenvalue weighted by Gasteiger charge is 2.06. The third kappa shape index (κ3) is 4.75. The Morgan fingerprint density at radius 1 is 1.33 bits per heavy atom. The van der Waals surface area contributed by atoms with Gasteiger partial charge < -0.3 is 15.6 Å². The normalized spacial score (nSPS) is 15.4. The van der Waals surface area contributed by atoms with E-state index in [4.69, 9.17) is 15.6 Å². The van der Waals surface area contributed by atoms with E-state index in [9.17, 15) is 4.79 Å². The fraction of sp³-hybridized carbons (Fsp3) is 0.500. The van der Waals surface area contributed by atoms with Crippen molar-refractivity contribution in [2.24, 2.45) is 5.73 Å².